The molecule has 4 heteroatoms. The summed E-state index contributed by atoms with van der Waals surface area (Å²) in [5.41, 5.74) is 1.50. The molecule has 0 saturated carbocycles. The lowest BCUT2D eigenvalue weighted by atomic mass is 10.0. The minimum absolute atomic E-state index is 0.120. The number of piperazine rings is 1. The van der Waals surface area contributed by atoms with Crippen LogP contribution in [-0.4, -0.2) is 42.9 Å². The molecule has 1 saturated heterocycles. The molecule has 2 aromatic carbocycles. The number of Topliss-reactive ketones (excluding diaryl/α,β-unsaturated/α-hetero) is 1. The number of ketones is 1. The second kappa shape index (κ2) is 8.18. The first-order chi connectivity index (χ1) is 11.7. The Kier molecular flexibility index (Phi) is 5.72. The fraction of sp³-hybridized carbons (Fsp3) is 0.350. The first-order valence-corrected chi connectivity index (χ1v) is 8.50. The molecule has 0 spiro atoms. The highest BCUT2D eigenvalue weighted by Gasteiger charge is 2.23. The van der Waals surface area contributed by atoms with E-state index in [4.69, 9.17) is 0 Å². The van der Waals surface area contributed by atoms with E-state index >= 15 is 0 Å². The van der Waals surface area contributed by atoms with Crippen LogP contribution in [0, 0.1) is 5.82 Å². The fourth-order valence-corrected chi connectivity index (χ4v) is 3.25. The molecule has 24 heavy (non-hydrogen) atoms. The molecule has 0 bridgehead atoms. The van der Waals surface area contributed by atoms with Crippen LogP contribution in [0.25, 0.3) is 0 Å². The van der Waals surface area contributed by atoms with Gasteiger partial charge in [0, 0.05) is 38.6 Å². The largest absolute Gasteiger partial charge is 0.314 e. The molecule has 3 nitrogen and oxygen atoms in total. The lowest BCUT2D eigenvalue weighted by Gasteiger charge is -2.36. The quantitative estimate of drug-likeness (QED) is 0.829. The minimum atomic E-state index is -0.427. The SMILES string of the molecule is O=C(CCN1CCNCC1Cc1ccccc1)c1ccccc1F. The van der Waals surface area contributed by atoms with Crippen LogP contribution in [0.5, 0.6) is 0 Å². The summed E-state index contributed by atoms with van der Waals surface area (Å²) >= 11 is 0. The Morgan fingerprint density at radius 1 is 1.12 bits per heavy atom. The molecule has 126 valence electrons. The highest BCUT2D eigenvalue weighted by atomic mass is 19.1. The standard InChI is InChI=1S/C20H23FN2O/c21-19-9-5-4-8-18(19)20(24)10-12-23-13-11-22-15-17(23)14-16-6-2-1-3-7-16/h1-9,17,22H,10-15H2. The van der Waals surface area contributed by atoms with Gasteiger partial charge in [-0.05, 0) is 24.1 Å². The summed E-state index contributed by atoms with van der Waals surface area (Å²) in [6, 6.07) is 17.0. The van der Waals surface area contributed by atoms with Crippen molar-refractivity contribution in [2.45, 2.75) is 18.9 Å². The zero-order chi connectivity index (χ0) is 16.8. The Bertz CT molecular complexity index is 674. The third-order valence-electron chi connectivity index (χ3n) is 4.59. The Labute approximate surface area is 142 Å². The van der Waals surface area contributed by atoms with Crippen molar-refractivity contribution in [3.63, 3.8) is 0 Å². The first kappa shape index (κ1) is 16.8. The Morgan fingerprint density at radius 3 is 2.67 bits per heavy atom. The van der Waals surface area contributed by atoms with Gasteiger partial charge in [-0.25, -0.2) is 4.39 Å². The van der Waals surface area contributed by atoms with Crippen LogP contribution >= 0.6 is 0 Å². The van der Waals surface area contributed by atoms with Crippen LogP contribution in [0.3, 0.4) is 0 Å². The minimum Gasteiger partial charge on any atom is -0.314 e. The van der Waals surface area contributed by atoms with Crippen LogP contribution in [0.1, 0.15) is 22.3 Å². The number of nitrogens with zero attached hydrogens (tertiary/aromatic N) is 1. The highest BCUT2D eigenvalue weighted by molar-refractivity contribution is 5.96. The summed E-state index contributed by atoms with van der Waals surface area (Å²) in [5.74, 6) is -0.547. The van der Waals surface area contributed by atoms with E-state index in [0.29, 0.717) is 19.0 Å². The summed E-state index contributed by atoms with van der Waals surface area (Å²) in [4.78, 5) is 14.6. The monoisotopic (exact) mass is 326 g/mol. The molecular formula is C20H23FN2O. The van der Waals surface area contributed by atoms with E-state index in [2.05, 4.69) is 34.5 Å². The lowest BCUT2D eigenvalue weighted by molar-refractivity contribution is 0.0931. The molecule has 0 amide bonds. The number of hydrogen-bond donors (Lipinski definition) is 1. The van der Waals surface area contributed by atoms with E-state index in [1.807, 2.05) is 6.07 Å². The summed E-state index contributed by atoms with van der Waals surface area (Å²) in [5, 5.41) is 3.43. The van der Waals surface area contributed by atoms with Gasteiger partial charge in [-0.1, -0.05) is 42.5 Å². The Balaban J connectivity index is 1.60. The van der Waals surface area contributed by atoms with Crippen molar-refractivity contribution in [1.82, 2.24) is 10.2 Å². The normalized spacial score (nSPS) is 18.5. The van der Waals surface area contributed by atoms with Gasteiger partial charge in [-0.3, -0.25) is 9.69 Å². The van der Waals surface area contributed by atoms with Gasteiger partial charge >= 0.3 is 0 Å². The van der Waals surface area contributed by atoms with E-state index in [9.17, 15) is 9.18 Å². The maximum Gasteiger partial charge on any atom is 0.167 e. The molecule has 1 aliphatic heterocycles. The summed E-state index contributed by atoms with van der Waals surface area (Å²) in [6.07, 6.45) is 1.31. The van der Waals surface area contributed by atoms with E-state index in [0.717, 1.165) is 26.1 Å². The van der Waals surface area contributed by atoms with Gasteiger partial charge in [0.2, 0.25) is 0 Å². The topological polar surface area (TPSA) is 32.3 Å². The van der Waals surface area contributed by atoms with Crippen LogP contribution < -0.4 is 5.32 Å². The third kappa shape index (κ3) is 4.28. The molecular weight excluding hydrogens is 303 g/mol. The lowest BCUT2D eigenvalue weighted by Crippen LogP contribution is -2.52. The van der Waals surface area contributed by atoms with E-state index in [1.54, 1.807) is 18.2 Å². The van der Waals surface area contributed by atoms with E-state index in [1.165, 1.54) is 11.6 Å². The van der Waals surface area contributed by atoms with Gasteiger partial charge in [0.15, 0.2) is 5.78 Å². The third-order valence-corrected chi connectivity index (χ3v) is 4.59. The zero-order valence-corrected chi connectivity index (χ0v) is 13.7. The molecule has 1 unspecified atom stereocenters. The molecule has 3 rings (SSSR count). The zero-order valence-electron chi connectivity index (χ0n) is 13.7. The van der Waals surface area contributed by atoms with Crippen LogP contribution in [0.15, 0.2) is 54.6 Å². The van der Waals surface area contributed by atoms with Crippen LogP contribution in [-0.2, 0) is 6.42 Å². The molecule has 2 aromatic rings. The van der Waals surface area contributed by atoms with Gasteiger partial charge in [-0.15, -0.1) is 0 Å². The number of rotatable bonds is 6. The number of carbonyl (C=O) groups excluding carboxylic acids is 1. The molecule has 1 fully saturated rings. The number of hydrogen-bond acceptors (Lipinski definition) is 3. The van der Waals surface area contributed by atoms with Crippen molar-refractivity contribution >= 4 is 5.78 Å². The maximum atomic E-state index is 13.7. The van der Waals surface area contributed by atoms with Crippen molar-refractivity contribution < 1.29 is 9.18 Å². The van der Waals surface area contributed by atoms with Crippen molar-refractivity contribution in [2.75, 3.05) is 26.2 Å². The summed E-state index contributed by atoms with van der Waals surface area (Å²) < 4.78 is 13.7. The number of nitrogens with one attached hydrogen (secondary N) is 1. The Morgan fingerprint density at radius 2 is 1.88 bits per heavy atom. The van der Waals surface area contributed by atoms with Crippen molar-refractivity contribution in [3.8, 4) is 0 Å². The smallest absolute Gasteiger partial charge is 0.167 e. The molecule has 1 atom stereocenters. The van der Waals surface area contributed by atoms with Gasteiger partial charge in [0.25, 0.3) is 0 Å². The second-order valence-corrected chi connectivity index (χ2v) is 6.24. The van der Waals surface area contributed by atoms with Crippen LogP contribution in [0.4, 0.5) is 4.39 Å². The van der Waals surface area contributed by atoms with Gasteiger partial charge in [0.1, 0.15) is 5.82 Å². The van der Waals surface area contributed by atoms with Gasteiger partial charge in [-0.2, -0.15) is 0 Å². The van der Waals surface area contributed by atoms with E-state index < -0.39 is 5.82 Å². The van der Waals surface area contributed by atoms with Crippen molar-refractivity contribution in [2.24, 2.45) is 0 Å². The van der Waals surface area contributed by atoms with E-state index in [-0.39, 0.29) is 11.3 Å². The summed E-state index contributed by atoms with van der Waals surface area (Å²) in [6.45, 7) is 3.44. The average Bonchev–Trinajstić information content (AvgIpc) is 2.62. The number of benzene rings is 2. The maximum absolute atomic E-state index is 13.7. The fourth-order valence-electron chi connectivity index (χ4n) is 3.25. The summed E-state index contributed by atoms with van der Waals surface area (Å²) in [7, 11) is 0. The molecule has 1 heterocycles. The predicted octanol–water partition coefficient (Wildman–Crippen LogP) is 2.92. The molecule has 1 aliphatic rings. The molecule has 0 aliphatic carbocycles. The van der Waals surface area contributed by atoms with Gasteiger partial charge < -0.3 is 5.32 Å². The number of halogens is 1. The second-order valence-electron chi connectivity index (χ2n) is 6.24. The average molecular weight is 326 g/mol. The highest BCUT2D eigenvalue weighted by Crippen LogP contribution is 2.14. The Hall–Kier alpha value is -2.04. The van der Waals surface area contributed by atoms with Crippen LogP contribution in [0.2, 0.25) is 0 Å². The van der Waals surface area contributed by atoms with Gasteiger partial charge in [0.05, 0.1) is 5.56 Å². The van der Waals surface area contributed by atoms with Crippen molar-refractivity contribution in [3.05, 3.63) is 71.5 Å². The first-order valence-electron chi connectivity index (χ1n) is 8.50. The van der Waals surface area contributed by atoms with Crippen molar-refractivity contribution in [1.29, 1.82) is 0 Å². The molecule has 0 radical (unpaired) electrons. The number of carbonyl (C=O) groups is 1. The predicted molar refractivity (Wildman–Crippen MR) is 93.7 cm³/mol. The molecule has 1 N–H and O–H groups in total. The molecule has 0 aromatic heterocycles.